The monoisotopic (exact) mass is 246 g/mol. The number of fused-ring (bicyclic) bond motifs is 1. The molecule has 2 aromatic rings. The van der Waals surface area contributed by atoms with Crippen LogP contribution in [0.25, 0.3) is 0 Å². The number of aromatic nitrogens is 3. The first kappa shape index (κ1) is 10.8. The highest BCUT2D eigenvalue weighted by molar-refractivity contribution is 7.99. The predicted molar refractivity (Wildman–Crippen MR) is 67.7 cm³/mol. The minimum atomic E-state index is 0.417. The van der Waals surface area contributed by atoms with Gasteiger partial charge in [-0.05, 0) is 11.6 Å². The summed E-state index contributed by atoms with van der Waals surface area (Å²) in [5.41, 5.74) is 1.40. The van der Waals surface area contributed by atoms with Gasteiger partial charge in [-0.2, -0.15) is 5.10 Å². The van der Waals surface area contributed by atoms with Crippen molar-refractivity contribution >= 4 is 11.8 Å². The molecule has 0 saturated heterocycles. The number of benzene rings is 1. The van der Waals surface area contributed by atoms with Gasteiger partial charge >= 0.3 is 0 Å². The van der Waals surface area contributed by atoms with Gasteiger partial charge in [0.15, 0.2) is 5.82 Å². The fourth-order valence-corrected chi connectivity index (χ4v) is 3.21. The third kappa shape index (κ3) is 2.21. The Kier molecular flexibility index (Phi) is 2.86. The van der Waals surface area contributed by atoms with Gasteiger partial charge in [0.1, 0.15) is 6.33 Å². The second-order valence-electron chi connectivity index (χ2n) is 4.12. The topological polar surface area (TPSA) is 42.7 Å². The van der Waals surface area contributed by atoms with Crippen molar-refractivity contribution in [3.63, 3.8) is 0 Å². The van der Waals surface area contributed by atoms with Gasteiger partial charge in [0, 0.05) is 23.7 Å². The molecule has 0 aliphatic carbocycles. The Balaban J connectivity index is 1.68. The zero-order valence-corrected chi connectivity index (χ0v) is 10.4. The van der Waals surface area contributed by atoms with Crippen LogP contribution < -0.4 is 5.32 Å². The van der Waals surface area contributed by atoms with Crippen LogP contribution in [-0.2, 0) is 13.6 Å². The molecule has 1 unspecified atom stereocenters. The number of hydrogen-bond donors (Lipinski definition) is 1. The maximum absolute atomic E-state index is 4.26. The molecule has 4 nitrogen and oxygen atoms in total. The predicted octanol–water partition coefficient (Wildman–Crippen LogP) is 1.75. The highest BCUT2D eigenvalue weighted by Gasteiger charge is 2.22. The molecule has 1 aliphatic rings. The zero-order chi connectivity index (χ0) is 11.7. The van der Waals surface area contributed by atoms with Crippen LogP contribution in [0.4, 0.5) is 0 Å². The van der Waals surface area contributed by atoms with Crippen molar-refractivity contribution in [3.05, 3.63) is 42.0 Å². The Hall–Kier alpha value is -1.33. The van der Waals surface area contributed by atoms with Crippen molar-refractivity contribution in [3.8, 4) is 0 Å². The average Bonchev–Trinajstić information content (AvgIpc) is 2.93. The van der Waals surface area contributed by atoms with Gasteiger partial charge < -0.3 is 5.32 Å². The molecule has 1 atom stereocenters. The Bertz CT molecular complexity index is 523. The van der Waals surface area contributed by atoms with Crippen molar-refractivity contribution in [2.24, 2.45) is 7.05 Å². The molecule has 1 N–H and O–H groups in total. The van der Waals surface area contributed by atoms with Gasteiger partial charge in [0.2, 0.25) is 0 Å². The third-order valence-electron chi connectivity index (χ3n) is 2.85. The summed E-state index contributed by atoms with van der Waals surface area (Å²) in [5.74, 6) is 1.94. The molecule has 1 aromatic carbocycles. The van der Waals surface area contributed by atoms with Crippen molar-refractivity contribution in [1.29, 1.82) is 0 Å². The highest BCUT2D eigenvalue weighted by Crippen LogP contribution is 2.37. The van der Waals surface area contributed by atoms with Crippen molar-refractivity contribution in [1.82, 2.24) is 20.1 Å². The van der Waals surface area contributed by atoms with Gasteiger partial charge in [-0.3, -0.25) is 4.68 Å². The van der Waals surface area contributed by atoms with Crippen LogP contribution in [0.1, 0.15) is 17.4 Å². The highest BCUT2D eigenvalue weighted by atomic mass is 32.2. The molecule has 0 amide bonds. The lowest BCUT2D eigenvalue weighted by Crippen LogP contribution is -2.21. The van der Waals surface area contributed by atoms with Crippen LogP contribution in [0.2, 0.25) is 0 Å². The molecule has 3 rings (SSSR count). The van der Waals surface area contributed by atoms with E-state index in [4.69, 9.17) is 0 Å². The van der Waals surface area contributed by atoms with Gasteiger partial charge in [-0.15, -0.1) is 11.8 Å². The first-order chi connectivity index (χ1) is 8.33. The first-order valence-electron chi connectivity index (χ1n) is 5.62. The van der Waals surface area contributed by atoms with Gasteiger partial charge in [0.25, 0.3) is 0 Å². The van der Waals surface area contributed by atoms with Crippen LogP contribution >= 0.6 is 11.8 Å². The molecule has 0 saturated carbocycles. The van der Waals surface area contributed by atoms with Crippen LogP contribution in [0.15, 0.2) is 35.5 Å². The molecule has 1 aliphatic heterocycles. The van der Waals surface area contributed by atoms with E-state index >= 15 is 0 Å². The molecule has 2 heterocycles. The van der Waals surface area contributed by atoms with E-state index < -0.39 is 0 Å². The van der Waals surface area contributed by atoms with Gasteiger partial charge in [-0.1, -0.05) is 18.2 Å². The number of hydrogen-bond acceptors (Lipinski definition) is 4. The number of rotatable bonds is 3. The lowest BCUT2D eigenvalue weighted by atomic mass is 10.1. The Morgan fingerprint density at radius 1 is 1.47 bits per heavy atom. The number of thioether (sulfide) groups is 1. The van der Waals surface area contributed by atoms with E-state index in [1.54, 1.807) is 11.0 Å². The molecule has 0 radical (unpaired) electrons. The normalized spacial score (nSPS) is 18.3. The summed E-state index contributed by atoms with van der Waals surface area (Å²) in [5, 5.41) is 7.77. The van der Waals surface area contributed by atoms with Gasteiger partial charge in [0.05, 0.1) is 6.54 Å². The molecule has 0 bridgehead atoms. The van der Waals surface area contributed by atoms with Crippen LogP contribution in [-0.4, -0.2) is 20.5 Å². The maximum atomic E-state index is 4.26. The summed E-state index contributed by atoms with van der Waals surface area (Å²) in [6.07, 6.45) is 1.73. The molecule has 0 spiro atoms. The van der Waals surface area contributed by atoms with E-state index in [-0.39, 0.29) is 0 Å². The zero-order valence-electron chi connectivity index (χ0n) is 9.63. The Labute approximate surface area is 104 Å². The van der Waals surface area contributed by atoms with E-state index in [1.165, 1.54) is 10.5 Å². The molecular formula is C12H14N4S. The van der Waals surface area contributed by atoms with Crippen molar-refractivity contribution < 1.29 is 0 Å². The van der Waals surface area contributed by atoms with Gasteiger partial charge in [-0.25, -0.2) is 4.98 Å². The molecule has 5 heteroatoms. The van der Waals surface area contributed by atoms with Crippen molar-refractivity contribution in [2.75, 3.05) is 5.75 Å². The minimum Gasteiger partial charge on any atom is -0.302 e. The molecule has 17 heavy (non-hydrogen) atoms. The SMILES string of the molecule is Cn1cnc(CNC2CSc3ccccc32)n1. The lowest BCUT2D eigenvalue weighted by molar-refractivity contribution is 0.564. The van der Waals surface area contributed by atoms with E-state index in [0.717, 1.165) is 18.1 Å². The molecule has 0 fully saturated rings. The van der Waals surface area contributed by atoms with Crippen LogP contribution in [0.5, 0.6) is 0 Å². The standard InChI is InChI=1S/C12H14N4S/c1-16-8-14-12(15-16)6-13-10-7-17-11-5-3-2-4-9(10)11/h2-5,8,10,13H,6-7H2,1H3. The summed E-state index contributed by atoms with van der Waals surface area (Å²) >= 11 is 1.91. The Morgan fingerprint density at radius 2 is 2.35 bits per heavy atom. The lowest BCUT2D eigenvalue weighted by Gasteiger charge is -2.11. The summed E-state index contributed by atoms with van der Waals surface area (Å²) < 4.78 is 1.73. The second-order valence-corrected chi connectivity index (χ2v) is 5.18. The summed E-state index contributed by atoms with van der Waals surface area (Å²) in [6, 6.07) is 8.98. The quantitative estimate of drug-likeness (QED) is 0.896. The maximum Gasteiger partial charge on any atom is 0.164 e. The summed E-state index contributed by atoms with van der Waals surface area (Å²) in [4.78, 5) is 5.60. The number of aryl methyl sites for hydroxylation is 1. The second kappa shape index (κ2) is 4.50. The van der Waals surface area contributed by atoms with Crippen LogP contribution in [0.3, 0.4) is 0 Å². The minimum absolute atomic E-state index is 0.417. The first-order valence-corrected chi connectivity index (χ1v) is 6.61. The fraction of sp³-hybridized carbons (Fsp3) is 0.333. The number of nitrogens with zero attached hydrogens (tertiary/aromatic N) is 3. The molecule has 1 aromatic heterocycles. The molecule has 88 valence electrons. The van der Waals surface area contributed by atoms with E-state index in [9.17, 15) is 0 Å². The van der Waals surface area contributed by atoms with Crippen molar-refractivity contribution in [2.45, 2.75) is 17.5 Å². The summed E-state index contributed by atoms with van der Waals surface area (Å²) in [6.45, 7) is 0.723. The van der Waals surface area contributed by atoms with E-state index in [1.807, 2.05) is 18.8 Å². The Morgan fingerprint density at radius 3 is 3.18 bits per heavy atom. The fourth-order valence-electron chi connectivity index (χ4n) is 2.01. The average molecular weight is 246 g/mol. The molecular weight excluding hydrogens is 232 g/mol. The van der Waals surface area contributed by atoms with Crippen LogP contribution in [0, 0.1) is 0 Å². The van der Waals surface area contributed by atoms with E-state index in [0.29, 0.717) is 6.04 Å². The third-order valence-corrected chi connectivity index (χ3v) is 4.04. The summed E-state index contributed by atoms with van der Waals surface area (Å²) in [7, 11) is 1.89. The number of nitrogens with one attached hydrogen (secondary N) is 1. The smallest absolute Gasteiger partial charge is 0.164 e. The van der Waals surface area contributed by atoms with E-state index in [2.05, 4.69) is 39.7 Å². The largest absolute Gasteiger partial charge is 0.302 e.